The predicted octanol–water partition coefficient (Wildman–Crippen LogP) is 6.97. The van der Waals surface area contributed by atoms with Gasteiger partial charge in [0.05, 0.1) is 11.1 Å². The molecule has 37 heavy (non-hydrogen) atoms. The van der Waals surface area contributed by atoms with E-state index in [1.807, 2.05) is 60.7 Å². The molecule has 4 aromatic carbocycles. The van der Waals surface area contributed by atoms with E-state index in [1.165, 1.54) is 38.5 Å². The molecule has 0 N–H and O–H groups in total. The Morgan fingerprint density at radius 3 is 1.27 bits per heavy atom. The van der Waals surface area contributed by atoms with Crippen LogP contribution in [0.2, 0.25) is 0 Å². The van der Waals surface area contributed by atoms with E-state index in [4.69, 9.17) is 4.74 Å². The number of piperidine rings is 2. The van der Waals surface area contributed by atoms with E-state index in [0.717, 1.165) is 59.1 Å². The first-order valence-corrected chi connectivity index (χ1v) is 13.5. The van der Waals surface area contributed by atoms with E-state index in [0.29, 0.717) is 11.1 Å². The number of fused-ring (bicyclic) bond motifs is 2. The quantitative estimate of drug-likeness (QED) is 0.227. The fourth-order valence-electron chi connectivity index (χ4n) is 5.94. The van der Waals surface area contributed by atoms with Crippen molar-refractivity contribution >= 4 is 44.9 Å². The van der Waals surface area contributed by atoms with Gasteiger partial charge in [-0.05, 0) is 73.6 Å². The third kappa shape index (κ3) is 4.55. The fourth-order valence-corrected chi connectivity index (χ4v) is 5.94. The summed E-state index contributed by atoms with van der Waals surface area (Å²) >= 11 is 0. The van der Waals surface area contributed by atoms with Crippen LogP contribution >= 0.6 is 0 Å². The molecule has 0 radical (unpaired) electrons. The Morgan fingerprint density at radius 1 is 0.486 bits per heavy atom. The standard InChI is InChI=1S/C32H32N2O3/c35-31(27-15-17-29(33-19-7-1-8-20-33)25-13-5-3-11-23(25)27)37-32(36)28-16-18-30(34-21-9-2-10-22-34)26-14-6-4-12-24(26)28/h3-6,11-18H,1-2,7-10,19-22H2. The van der Waals surface area contributed by atoms with Gasteiger partial charge in [0.25, 0.3) is 0 Å². The molecular formula is C32H32N2O3. The Morgan fingerprint density at radius 2 is 0.865 bits per heavy atom. The lowest BCUT2D eigenvalue weighted by Gasteiger charge is -2.30. The van der Waals surface area contributed by atoms with Gasteiger partial charge in [-0.25, -0.2) is 9.59 Å². The van der Waals surface area contributed by atoms with Crippen LogP contribution in [0.3, 0.4) is 0 Å². The Hall–Kier alpha value is -3.86. The second-order valence-electron chi connectivity index (χ2n) is 10.1. The molecule has 0 aromatic heterocycles. The predicted molar refractivity (Wildman–Crippen MR) is 150 cm³/mol. The zero-order valence-electron chi connectivity index (χ0n) is 21.1. The number of ether oxygens (including phenoxy) is 1. The van der Waals surface area contributed by atoms with Crippen LogP contribution in [0.5, 0.6) is 0 Å². The second-order valence-corrected chi connectivity index (χ2v) is 10.1. The van der Waals surface area contributed by atoms with E-state index in [2.05, 4.69) is 9.80 Å². The summed E-state index contributed by atoms with van der Waals surface area (Å²) in [5, 5.41) is 3.66. The number of rotatable bonds is 4. The second kappa shape index (κ2) is 10.3. The number of benzene rings is 4. The van der Waals surface area contributed by atoms with Crippen molar-refractivity contribution < 1.29 is 14.3 Å². The largest absolute Gasteiger partial charge is 0.386 e. The summed E-state index contributed by atoms with van der Waals surface area (Å²) in [6.45, 7) is 4.08. The SMILES string of the molecule is O=C(OC(=O)c1ccc(N2CCCCC2)c2ccccc12)c1ccc(N2CCCCC2)c2ccccc12. The van der Waals surface area contributed by atoms with Gasteiger partial charge in [-0.15, -0.1) is 0 Å². The van der Waals surface area contributed by atoms with Crippen molar-refractivity contribution in [2.45, 2.75) is 38.5 Å². The monoisotopic (exact) mass is 492 g/mol. The third-order valence-corrected chi connectivity index (χ3v) is 7.82. The molecule has 0 amide bonds. The molecule has 2 fully saturated rings. The van der Waals surface area contributed by atoms with Gasteiger partial charge in [-0.3, -0.25) is 0 Å². The summed E-state index contributed by atoms with van der Waals surface area (Å²) in [4.78, 5) is 31.4. The topological polar surface area (TPSA) is 49.9 Å². The molecule has 0 bridgehead atoms. The molecule has 0 atom stereocenters. The van der Waals surface area contributed by atoms with E-state index < -0.39 is 11.9 Å². The molecular weight excluding hydrogens is 460 g/mol. The van der Waals surface area contributed by atoms with Crippen LogP contribution in [-0.4, -0.2) is 38.1 Å². The number of hydrogen-bond donors (Lipinski definition) is 0. The van der Waals surface area contributed by atoms with Crippen molar-refractivity contribution in [1.82, 2.24) is 0 Å². The summed E-state index contributed by atoms with van der Waals surface area (Å²) in [5.41, 5.74) is 3.10. The molecule has 2 aliphatic rings. The highest BCUT2D eigenvalue weighted by atomic mass is 16.6. The van der Waals surface area contributed by atoms with E-state index in [9.17, 15) is 9.59 Å². The van der Waals surface area contributed by atoms with Gasteiger partial charge in [-0.1, -0.05) is 48.5 Å². The first-order chi connectivity index (χ1) is 18.2. The molecule has 2 heterocycles. The molecule has 0 unspecified atom stereocenters. The number of nitrogens with zero attached hydrogens (tertiary/aromatic N) is 2. The third-order valence-electron chi connectivity index (χ3n) is 7.82. The van der Waals surface area contributed by atoms with Crippen molar-refractivity contribution in [2.75, 3.05) is 36.0 Å². The van der Waals surface area contributed by atoms with Crippen molar-refractivity contribution in [3.05, 3.63) is 83.9 Å². The summed E-state index contributed by atoms with van der Waals surface area (Å²) in [6, 6.07) is 23.4. The maximum atomic E-state index is 13.3. The number of hydrogen-bond acceptors (Lipinski definition) is 5. The van der Waals surface area contributed by atoms with Crippen LogP contribution in [0.15, 0.2) is 72.8 Å². The van der Waals surface area contributed by atoms with Crippen LogP contribution in [-0.2, 0) is 4.74 Å². The van der Waals surface area contributed by atoms with E-state index in [1.54, 1.807) is 12.1 Å². The van der Waals surface area contributed by atoms with Gasteiger partial charge in [-0.2, -0.15) is 0 Å². The highest BCUT2D eigenvalue weighted by Crippen LogP contribution is 2.34. The number of anilines is 2. The van der Waals surface area contributed by atoms with Gasteiger partial charge in [0, 0.05) is 48.3 Å². The Bertz CT molecular complexity index is 1350. The van der Waals surface area contributed by atoms with Gasteiger partial charge in [0.15, 0.2) is 0 Å². The molecule has 5 heteroatoms. The summed E-state index contributed by atoms with van der Waals surface area (Å²) in [7, 11) is 0. The number of esters is 2. The van der Waals surface area contributed by atoms with E-state index in [-0.39, 0.29) is 0 Å². The zero-order valence-corrected chi connectivity index (χ0v) is 21.1. The fraction of sp³-hybridized carbons (Fsp3) is 0.312. The highest BCUT2D eigenvalue weighted by molar-refractivity contribution is 6.15. The lowest BCUT2D eigenvalue weighted by atomic mass is 10.00. The van der Waals surface area contributed by atoms with Gasteiger partial charge >= 0.3 is 11.9 Å². The summed E-state index contributed by atoms with van der Waals surface area (Å²) in [6.07, 6.45) is 7.23. The molecule has 2 saturated heterocycles. The summed E-state index contributed by atoms with van der Waals surface area (Å²) in [5.74, 6) is -1.23. The van der Waals surface area contributed by atoms with Crippen LogP contribution in [0.25, 0.3) is 21.5 Å². The molecule has 0 aliphatic carbocycles. The molecule has 6 rings (SSSR count). The van der Waals surface area contributed by atoms with Gasteiger partial charge < -0.3 is 14.5 Å². The van der Waals surface area contributed by atoms with Crippen LogP contribution < -0.4 is 9.80 Å². The highest BCUT2D eigenvalue weighted by Gasteiger charge is 2.23. The molecule has 188 valence electrons. The maximum absolute atomic E-state index is 13.3. The number of carbonyl (C=O) groups is 2. The molecule has 2 aliphatic heterocycles. The van der Waals surface area contributed by atoms with E-state index >= 15 is 0 Å². The lowest BCUT2D eigenvalue weighted by Crippen LogP contribution is -2.29. The first kappa shape index (κ1) is 23.5. The molecule has 0 saturated carbocycles. The minimum atomic E-state index is -0.615. The maximum Gasteiger partial charge on any atom is 0.346 e. The Labute approximate surface area is 217 Å². The number of carbonyl (C=O) groups excluding carboxylic acids is 2. The van der Waals surface area contributed by atoms with Crippen molar-refractivity contribution in [1.29, 1.82) is 0 Å². The minimum absolute atomic E-state index is 0.416. The van der Waals surface area contributed by atoms with Crippen molar-refractivity contribution in [3.8, 4) is 0 Å². The lowest BCUT2D eigenvalue weighted by molar-refractivity contribution is 0.0400. The summed E-state index contributed by atoms with van der Waals surface area (Å²) < 4.78 is 5.50. The molecule has 5 nitrogen and oxygen atoms in total. The van der Waals surface area contributed by atoms with Crippen molar-refractivity contribution in [3.63, 3.8) is 0 Å². The Balaban J connectivity index is 1.30. The normalized spacial score (nSPS) is 16.2. The average Bonchev–Trinajstić information content (AvgIpc) is 2.96. The average molecular weight is 493 g/mol. The smallest absolute Gasteiger partial charge is 0.346 e. The van der Waals surface area contributed by atoms with Crippen LogP contribution in [0.1, 0.15) is 59.2 Å². The van der Waals surface area contributed by atoms with Crippen molar-refractivity contribution in [2.24, 2.45) is 0 Å². The zero-order chi connectivity index (χ0) is 25.2. The minimum Gasteiger partial charge on any atom is -0.386 e. The molecule has 4 aromatic rings. The Kier molecular flexibility index (Phi) is 6.52. The molecule has 0 spiro atoms. The van der Waals surface area contributed by atoms with Crippen LogP contribution in [0.4, 0.5) is 11.4 Å². The van der Waals surface area contributed by atoms with Gasteiger partial charge in [0.1, 0.15) is 0 Å². The van der Waals surface area contributed by atoms with Crippen LogP contribution in [0, 0.1) is 0 Å². The van der Waals surface area contributed by atoms with Gasteiger partial charge in [0.2, 0.25) is 0 Å². The first-order valence-electron chi connectivity index (χ1n) is 13.5.